The van der Waals surface area contributed by atoms with E-state index in [-0.39, 0.29) is 0 Å². The van der Waals surface area contributed by atoms with Crippen LogP contribution in [0, 0.1) is 6.07 Å². The zero-order valence-electron chi connectivity index (χ0n) is 6.82. The third-order valence-electron chi connectivity index (χ3n) is 2.06. The van der Waals surface area contributed by atoms with Crippen LogP contribution >= 0.6 is 0 Å². The van der Waals surface area contributed by atoms with Crippen molar-refractivity contribution in [3.8, 4) is 0 Å². The lowest BCUT2D eigenvalue weighted by atomic mass is 10.2. The van der Waals surface area contributed by atoms with Gasteiger partial charge in [-0.25, -0.2) is 0 Å². The Labute approximate surface area is 74.8 Å². The van der Waals surface area contributed by atoms with E-state index in [0.717, 1.165) is 22.1 Å². The zero-order valence-corrected chi connectivity index (χ0v) is 6.82. The molecule has 2 heteroatoms. The number of benzene rings is 1. The zero-order chi connectivity index (χ0) is 8.67. The minimum absolute atomic E-state index is 0.726. The third-order valence-corrected chi connectivity index (χ3v) is 2.06. The number of pyridine rings is 1. The van der Waals surface area contributed by atoms with E-state index in [1.807, 2.05) is 24.3 Å². The second kappa shape index (κ2) is 2.33. The Kier molecular flexibility index (Phi) is 1.19. The van der Waals surface area contributed by atoms with E-state index < -0.39 is 0 Å². The van der Waals surface area contributed by atoms with E-state index in [1.54, 1.807) is 12.3 Å². The lowest BCUT2D eigenvalue weighted by molar-refractivity contribution is 0.667. The van der Waals surface area contributed by atoms with Crippen molar-refractivity contribution >= 4 is 22.1 Å². The van der Waals surface area contributed by atoms with E-state index in [4.69, 9.17) is 4.42 Å². The van der Waals surface area contributed by atoms with Crippen LogP contribution < -0.4 is 0 Å². The van der Waals surface area contributed by atoms with Crippen molar-refractivity contribution in [3.05, 3.63) is 42.6 Å². The van der Waals surface area contributed by atoms with Crippen LogP contribution in [0.25, 0.3) is 22.1 Å². The average molecular weight is 168 g/mol. The fourth-order valence-corrected chi connectivity index (χ4v) is 1.48. The Morgan fingerprint density at radius 1 is 1.23 bits per heavy atom. The van der Waals surface area contributed by atoms with E-state index in [2.05, 4.69) is 11.1 Å². The Hall–Kier alpha value is -1.83. The molecule has 0 atom stereocenters. The molecule has 1 radical (unpaired) electrons. The van der Waals surface area contributed by atoms with Crippen LogP contribution in [-0.2, 0) is 0 Å². The lowest BCUT2D eigenvalue weighted by Gasteiger charge is -1.84. The molecule has 1 aromatic carbocycles. The topological polar surface area (TPSA) is 26.0 Å². The maximum absolute atomic E-state index is 5.53. The second-order valence-electron chi connectivity index (χ2n) is 2.87. The summed E-state index contributed by atoms with van der Waals surface area (Å²) in [4.78, 5) is 4.24. The number of hydrogen-bond acceptors (Lipinski definition) is 2. The Morgan fingerprint density at radius 3 is 3.15 bits per heavy atom. The molecule has 13 heavy (non-hydrogen) atoms. The van der Waals surface area contributed by atoms with Gasteiger partial charge >= 0.3 is 0 Å². The normalized spacial score (nSPS) is 11.1. The summed E-state index contributed by atoms with van der Waals surface area (Å²) in [5.74, 6) is 0. The molecule has 0 aliphatic heterocycles. The molecule has 2 heterocycles. The first kappa shape index (κ1) is 6.66. The number of furan rings is 1. The molecule has 61 valence electrons. The quantitative estimate of drug-likeness (QED) is 0.515. The molecule has 0 N–H and O–H groups in total. The number of aromatic nitrogens is 1. The molecule has 0 bridgehead atoms. The van der Waals surface area contributed by atoms with E-state index in [9.17, 15) is 0 Å². The molecule has 0 amide bonds. The van der Waals surface area contributed by atoms with Gasteiger partial charge < -0.3 is 4.42 Å². The van der Waals surface area contributed by atoms with Crippen molar-refractivity contribution < 1.29 is 4.42 Å². The van der Waals surface area contributed by atoms with Crippen LogP contribution in [-0.4, -0.2) is 4.98 Å². The van der Waals surface area contributed by atoms with Crippen molar-refractivity contribution in [2.45, 2.75) is 0 Å². The minimum Gasteiger partial charge on any atom is -0.454 e. The largest absolute Gasteiger partial charge is 0.454 e. The number of hydrogen-bond donors (Lipinski definition) is 0. The van der Waals surface area contributed by atoms with Crippen LogP contribution in [0.5, 0.6) is 0 Å². The highest BCUT2D eigenvalue weighted by atomic mass is 16.3. The van der Waals surface area contributed by atoms with Crippen molar-refractivity contribution in [1.82, 2.24) is 4.98 Å². The number of para-hydroxylation sites is 1. The van der Waals surface area contributed by atoms with Gasteiger partial charge in [0.05, 0.1) is 0 Å². The van der Waals surface area contributed by atoms with Gasteiger partial charge in [0, 0.05) is 17.6 Å². The first-order valence-electron chi connectivity index (χ1n) is 4.09. The molecule has 3 rings (SSSR count). The van der Waals surface area contributed by atoms with Gasteiger partial charge in [-0.1, -0.05) is 12.1 Å². The molecule has 2 aromatic heterocycles. The summed E-state index contributed by atoms with van der Waals surface area (Å²) < 4.78 is 5.53. The fraction of sp³-hybridized carbons (Fsp3) is 0. The average Bonchev–Trinajstić information content (AvgIpc) is 2.56. The summed E-state index contributed by atoms with van der Waals surface area (Å²) >= 11 is 0. The van der Waals surface area contributed by atoms with Crippen molar-refractivity contribution in [3.63, 3.8) is 0 Å². The Bertz CT molecular complexity index is 518. The van der Waals surface area contributed by atoms with Crippen molar-refractivity contribution in [2.24, 2.45) is 0 Å². The van der Waals surface area contributed by atoms with Crippen LogP contribution in [0.4, 0.5) is 0 Å². The predicted octanol–water partition coefficient (Wildman–Crippen LogP) is 2.78. The van der Waals surface area contributed by atoms with E-state index in [1.165, 1.54) is 0 Å². The highest BCUT2D eigenvalue weighted by molar-refractivity contribution is 6.01. The van der Waals surface area contributed by atoms with Crippen molar-refractivity contribution in [2.75, 3.05) is 0 Å². The summed E-state index contributed by atoms with van der Waals surface area (Å²) in [6.07, 6.45) is 1.73. The molecule has 0 saturated carbocycles. The maximum atomic E-state index is 5.53. The lowest BCUT2D eigenvalue weighted by Crippen LogP contribution is -1.70. The Morgan fingerprint density at radius 2 is 2.15 bits per heavy atom. The molecule has 0 saturated heterocycles. The molecule has 0 fully saturated rings. The summed E-state index contributed by atoms with van der Waals surface area (Å²) in [7, 11) is 0. The number of fused-ring (bicyclic) bond motifs is 3. The van der Waals surface area contributed by atoms with Gasteiger partial charge in [0.2, 0.25) is 0 Å². The molecular formula is C11H6NO. The molecule has 0 spiro atoms. The minimum atomic E-state index is 0.726. The first-order chi connectivity index (χ1) is 6.45. The standard InChI is InChI=1S/C11H6NO/c1-2-5-9-8(4-1)11-10(13-9)6-3-7-12-11/h1-5,7H. The molecular weight excluding hydrogens is 162 g/mol. The number of rotatable bonds is 0. The molecule has 0 aliphatic rings. The van der Waals surface area contributed by atoms with Crippen molar-refractivity contribution in [1.29, 1.82) is 0 Å². The van der Waals surface area contributed by atoms with E-state index >= 15 is 0 Å². The van der Waals surface area contributed by atoms with Gasteiger partial charge in [0.15, 0.2) is 5.58 Å². The highest BCUT2D eigenvalue weighted by Crippen LogP contribution is 2.25. The predicted molar refractivity (Wildman–Crippen MR) is 50.4 cm³/mol. The number of nitrogens with zero attached hydrogens (tertiary/aromatic N) is 1. The van der Waals surface area contributed by atoms with Gasteiger partial charge in [-0.3, -0.25) is 4.98 Å². The molecule has 0 unspecified atom stereocenters. The summed E-state index contributed by atoms with van der Waals surface area (Å²) in [6, 6.07) is 12.6. The summed E-state index contributed by atoms with van der Waals surface area (Å²) in [6.45, 7) is 0. The highest BCUT2D eigenvalue weighted by Gasteiger charge is 2.04. The van der Waals surface area contributed by atoms with Crippen LogP contribution in [0.15, 0.2) is 40.9 Å². The first-order valence-corrected chi connectivity index (χ1v) is 4.09. The van der Waals surface area contributed by atoms with Crippen LogP contribution in [0.1, 0.15) is 0 Å². The smallest absolute Gasteiger partial charge is 0.161 e. The van der Waals surface area contributed by atoms with Gasteiger partial charge in [0.1, 0.15) is 11.1 Å². The monoisotopic (exact) mass is 168 g/mol. The molecule has 2 nitrogen and oxygen atoms in total. The summed E-state index contributed by atoms with van der Waals surface area (Å²) in [5, 5.41) is 1.05. The van der Waals surface area contributed by atoms with Crippen LogP contribution in [0.3, 0.4) is 0 Å². The Balaban J connectivity index is 2.64. The molecule has 3 aromatic rings. The second-order valence-corrected chi connectivity index (χ2v) is 2.87. The maximum Gasteiger partial charge on any atom is 0.161 e. The molecule has 0 aliphatic carbocycles. The van der Waals surface area contributed by atoms with Gasteiger partial charge in [-0.15, -0.1) is 0 Å². The third kappa shape index (κ3) is 0.855. The van der Waals surface area contributed by atoms with Crippen LogP contribution in [0.2, 0.25) is 0 Å². The van der Waals surface area contributed by atoms with Gasteiger partial charge in [0.25, 0.3) is 0 Å². The van der Waals surface area contributed by atoms with Gasteiger partial charge in [-0.2, -0.15) is 0 Å². The van der Waals surface area contributed by atoms with Gasteiger partial charge in [-0.05, 0) is 18.2 Å². The fourth-order valence-electron chi connectivity index (χ4n) is 1.48. The van der Waals surface area contributed by atoms with E-state index in [0.29, 0.717) is 0 Å². The SMILES string of the molecule is [c]1ccnc2c1oc1ccccc12. The summed E-state index contributed by atoms with van der Waals surface area (Å²) in [5.41, 5.74) is 2.48.